The summed E-state index contributed by atoms with van der Waals surface area (Å²) in [7, 11) is 0. The van der Waals surface area contributed by atoms with Crippen molar-refractivity contribution in [3.05, 3.63) is 41.6 Å². The Kier molecular flexibility index (Phi) is 4.54. The first-order chi connectivity index (χ1) is 10.3. The lowest BCUT2D eigenvalue weighted by molar-refractivity contribution is -0.136. The number of nitrogens with one attached hydrogen (secondary N) is 2. The lowest BCUT2D eigenvalue weighted by Crippen LogP contribution is -2.14. The van der Waals surface area contributed by atoms with Crippen LogP contribution in [0.2, 0.25) is 0 Å². The molecular formula is C15H17F3N4. The van der Waals surface area contributed by atoms with Gasteiger partial charge in [0, 0.05) is 17.8 Å². The second-order valence-corrected chi connectivity index (χ2v) is 5.19. The fraction of sp³-hybridized carbons (Fsp3) is 0.333. The number of anilines is 3. The number of halogens is 3. The van der Waals surface area contributed by atoms with Crippen molar-refractivity contribution in [3.8, 4) is 0 Å². The molecule has 0 bridgehead atoms. The molecule has 0 fully saturated rings. The molecular weight excluding hydrogens is 293 g/mol. The lowest BCUT2D eigenvalue weighted by Gasteiger charge is -2.15. The van der Waals surface area contributed by atoms with Crippen molar-refractivity contribution in [2.75, 3.05) is 10.6 Å². The molecule has 22 heavy (non-hydrogen) atoms. The topological polar surface area (TPSA) is 49.8 Å². The fourth-order valence-electron chi connectivity index (χ4n) is 1.93. The van der Waals surface area contributed by atoms with E-state index in [4.69, 9.17) is 0 Å². The van der Waals surface area contributed by atoms with E-state index in [1.165, 1.54) is 12.1 Å². The Balaban J connectivity index is 2.34. The average molecular weight is 310 g/mol. The zero-order valence-corrected chi connectivity index (χ0v) is 12.5. The van der Waals surface area contributed by atoms with Crippen LogP contribution in [0.15, 0.2) is 30.3 Å². The molecule has 0 aliphatic heterocycles. The molecule has 1 aromatic heterocycles. The van der Waals surface area contributed by atoms with Crippen molar-refractivity contribution >= 4 is 17.5 Å². The standard InChI is InChI=1S/C15H17F3N4/c1-9(2)19-14-20-10(3)8-13(22-14)21-12-7-5-4-6-11(12)15(16,17)18/h4-9H,1-3H3,(H2,19,20,21,22). The van der Waals surface area contributed by atoms with Crippen molar-refractivity contribution in [1.82, 2.24) is 9.97 Å². The molecule has 2 rings (SSSR count). The van der Waals surface area contributed by atoms with Gasteiger partial charge in [-0.1, -0.05) is 12.1 Å². The van der Waals surface area contributed by atoms with Gasteiger partial charge >= 0.3 is 6.18 Å². The van der Waals surface area contributed by atoms with Gasteiger partial charge in [-0.3, -0.25) is 0 Å². The van der Waals surface area contributed by atoms with Gasteiger partial charge in [0.15, 0.2) is 0 Å². The summed E-state index contributed by atoms with van der Waals surface area (Å²) in [6, 6.07) is 7.01. The molecule has 0 amide bonds. The predicted octanol–water partition coefficient (Wildman–Crippen LogP) is 4.37. The largest absolute Gasteiger partial charge is 0.418 e. The summed E-state index contributed by atoms with van der Waals surface area (Å²) in [6.07, 6.45) is -4.43. The molecule has 0 unspecified atom stereocenters. The third-order valence-electron chi connectivity index (χ3n) is 2.77. The number of alkyl halides is 3. The fourth-order valence-corrected chi connectivity index (χ4v) is 1.93. The second-order valence-electron chi connectivity index (χ2n) is 5.19. The quantitative estimate of drug-likeness (QED) is 0.880. The number of rotatable bonds is 4. The average Bonchev–Trinajstić information content (AvgIpc) is 2.36. The first-order valence-corrected chi connectivity index (χ1v) is 6.81. The van der Waals surface area contributed by atoms with Gasteiger partial charge in [0.1, 0.15) is 5.82 Å². The SMILES string of the molecule is Cc1cc(Nc2ccccc2C(F)(F)F)nc(NC(C)C)n1. The highest BCUT2D eigenvalue weighted by Gasteiger charge is 2.33. The maximum atomic E-state index is 13.0. The first kappa shape index (κ1) is 16.1. The van der Waals surface area contributed by atoms with E-state index in [1.54, 1.807) is 19.1 Å². The van der Waals surface area contributed by atoms with Crippen LogP contribution in [0.1, 0.15) is 25.1 Å². The van der Waals surface area contributed by atoms with Gasteiger partial charge in [-0.05, 0) is 32.9 Å². The number of aromatic nitrogens is 2. The van der Waals surface area contributed by atoms with E-state index >= 15 is 0 Å². The molecule has 0 saturated heterocycles. The third-order valence-corrected chi connectivity index (χ3v) is 2.77. The van der Waals surface area contributed by atoms with Gasteiger partial charge in [0.25, 0.3) is 0 Å². The Morgan fingerprint density at radius 3 is 2.41 bits per heavy atom. The highest BCUT2D eigenvalue weighted by atomic mass is 19.4. The second kappa shape index (κ2) is 6.21. The van der Waals surface area contributed by atoms with Crippen LogP contribution in [-0.2, 0) is 6.18 Å². The normalized spacial score (nSPS) is 11.6. The van der Waals surface area contributed by atoms with Crippen molar-refractivity contribution in [1.29, 1.82) is 0 Å². The van der Waals surface area contributed by atoms with Crippen molar-refractivity contribution in [2.24, 2.45) is 0 Å². The summed E-state index contributed by atoms with van der Waals surface area (Å²) in [5, 5.41) is 5.75. The van der Waals surface area contributed by atoms with Crippen LogP contribution in [0.4, 0.5) is 30.6 Å². The molecule has 2 N–H and O–H groups in total. The number of nitrogens with zero attached hydrogens (tertiary/aromatic N) is 2. The van der Waals surface area contributed by atoms with E-state index in [-0.39, 0.29) is 11.7 Å². The molecule has 118 valence electrons. The Morgan fingerprint density at radius 1 is 1.09 bits per heavy atom. The molecule has 0 saturated carbocycles. The van der Waals surface area contributed by atoms with Gasteiger partial charge in [0.2, 0.25) is 5.95 Å². The molecule has 0 atom stereocenters. The summed E-state index contributed by atoms with van der Waals surface area (Å²) in [5.74, 6) is 0.689. The molecule has 2 aromatic rings. The van der Waals surface area contributed by atoms with Crippen LogP contribution in [-0.4, -0.2) is 16.0 Å². The molecule has 0 radical (unpaired) electrons. The van der Waals surface area contributed by atoms with E-state index in [2.05, 4.69) is 20.6 Å². The van der Waals surface area contributed by atoms with Crippen molar-refractivity contribution in [2.45, 2.75) is 33.0 Å². The Morgan fingerprint density at radius 2 is 1.77 bits per heavy atom. The minimum Gasteiger partial charge on any atom is -0.352 e. The molecule has 7 heteroatoms. The van der Waals surface area contributed by atoms with Crippen LogP contribution < -0.4 is 10.6 Å². The Bertz CT molecular complexity index is 653. The number of hydrogen-bond acceptors (Lipinski definition) is 4. The van der Waals surface area contributed by atoms with Crippen LogP contribution in [0.3, 0.4) is 0 Å². The number of para-hydroxylation sites is 1. The van der Waals surface area contributed by atoms with Crippen molar-refractivity contribution in [3.63, 3.8) is 0 Å². The molecule has 0 aliphatic rings. The van der Waals surface area contributed by atoms with E-state index in [1.807, 2.05) is 13.8 Å². The van der Waals surface area contributed by atoms with Crippen molar-refractivity contribution < 1.29 is 13.2 Å². The highest BCUT2D eigenvalue weighted by molar-refractivity contribution is 5.62. The highest BCUT2D eigenvalue weighted by Crippen LogP contribution is 2.35. The van der Waals surface area contributed by atoms with Crippen LogP contribution in [0.5, 0.6) is 0 Å². The van der Waals surface area contributed by atoms with Gasteiger partial charge in [-0.25, -0.2) is 4.98 Å². The predicted molar refractivity (Wildman–Crippen MR) is 80.3 cm³/mol. The minimum absolute atomic E-state index is 0.0383. The molecule has 1 heterocycles. The van der Waals surface area contributed by atoms with Gasteiger partial charge < -0.3 is 10.6 Å². The number of hydrogen-bond donors (Lipinski definition) is 2. The van der Waals surface area contributed by atoms with E-state index in [9.17, 15) is 13.2 Å². The maximum Gasteiger partial charge on any atom is 0.418 e. The summed E-state index contributed by atoms with van der Waals surface area (Å²) >= 11 is 0. The van der Waals surface area contributed by atoms with Gasteiger partial charge in [-0.15, -0.1) is 0 Å². The molecule has 1 aromatic carbocycles. The molecule has 4 nitrogen and oxygen atoms in total. The summed E-state index contributed by atoms with van der Waals surface area (Å²) in [4.78, 5) is 8.39. The summed E-state index contributed by atoms with van der Waals surface area (Å²) < 4.78 is 39.0. The molecule has 0 spiro atoms. The Labute approximate surface area is 126 Å². The van der Waals surface area contributed by atoms with Crippen LogP contribution in [0.25, 0.3) is 0 Å². The van der Waals surface area contributed by atoms with Crippen LogP contribution in [0, 0.1) is 6.92 Å². The van der Waals surface area contributed by atoms with Gasteiger partial charge in [-0.2, -0.15) is 18.2 Å². The monoisotopic (exact) mass is 310 g/mol. The third kappa shape index (κ3) is 4.09. The van der Waals surface area contributed by atoms with E-state index < -0.39 is 11.7 Å². The Hall–Kier alpha value is -2.31. The number of benzene rings is 1. The molecule has 0 aliphatic carbocycles. The lowest BCUT2D eigenvalue weighted by atomic mass is 10.1. The first-order valence-electron chi connectivity index (χ1n) is 6.81. The van der Waals surface area contributed by atoms with E-state index in [0.29, 0.717) is 17.5 Å². The summed E-state index contributed by atoms with van der Waals surface area (Å²) in [6.45, 7) is 5.61. The van der Waals surface area contributed by atoms with E-state index in [0.717, 1.165) is 6.07 Å². The zero-order valence-electron chi connectivity index (χ0n) is 12.5. The zero-order chi connectivity index (χ0) is 16.3. The summed E-state index contributed by atoms with van der Waals surface area (Å²) in [5.41, 5.74) is -0.113. The van der Waals surface area contributed by atoms with Crippen LogP contribution >= 0.6 is 0 Å². The van der Waals surface area contributed by atoms with Gasteiger partial charge in [0.05, 0.1) is 11.3 Å². The number of aryl methyl sites for hydroxylation is 1. The smallest absolute Gasteiger partial charge is 0.352 e. The minimum atomic E-state index is -4.43. The maximum absolute atomic E-state index is 13.0.